The van der Waals surface area contributed by atoms with E-state index in [-0.39, 0.29) is 11.7 Å². The van der Waals surface area contributed by atoms with E-state index in [2.05, 4.69) is 12.1 Å². The normalized spacial score (nSPS) is 25.9. The molecule has 0 aliphatic heterocycles. The topological polar surface area (TPSA) is 78.9 Å². The Bertz CT molecular complexity index is 548. The standard InChI is InChI=1S/C15H21N3O2/c1-10-5-4-6-12(7-10)18(3)14(19)15(13(16)17-20)8-11(2)9-15/h4-7,11,20H,8-9H2,1-3H3,(H2,16,17). The molecule has 0 unspecified atom stereocenters. The molecule has 5 heteroatoms. The van der Waals surface area contributed by atoms with Gasteiger partial charge in [-0.15, -0.1) is 0 Å². The van der Waals surface area contributed by atoms with Crippen LogP contribution in [-0.4, -0.2) is 24.0 Å². The third-order valence-corrected chi connectivity index (χ3v) is 4.09. The molecule has 1 saturated carbocycles. The summed E-state index contributed by atoms with van der Waals surface area (Å²) in [6.45, 7) is 4.04. The number of hydrogen-bond acceptors (Lipinski definition) is 3. The number of amidine groups is 1. The lowest BCUT2D eigenvalue weighted by Gasteiger charge is -2.45. The molecule has 20 heavy (non-hydrogen) atoms. The Morgan fingerprint density at radius 1 is 1.50 bits per heavy atom. The van der Waals surface area contributed by atoms with Crippen molar-refractivity contribution < 1.29 is 10.0 Å². The molecular formula is C15H21N3O2. The second kappa shape index (κ2) is 5.15. The number of nitrogens with two attached hydrogens (primary N) is 1. The van der Waals surface area contributed by atoms with E-state index in [9.17, 15) is 4.79 Å². The summed E-state index contributed by atoms with van der Waals surface area (Å²) >= 11 is 0. The van der Waals surface area contributed by atoms with Crippen LogP contribution in [0.25, 0.3) is 0 Å². The number of benzene rings is 1. The molecule has 1 fully saturated rings. The Balaban J connectivity index is 2.29. The molecule has 1 amide bonds. The van der Waals surface area contributed by atoms with Gasteiger partial charge >= 0.3 is 0 Å². The minimum absolute atomic E-state index is 0.0140. The van der Waals surface area contributed by atoms with Crippen molar-refractivity contribution in [2.75, 3.05) is 11.9 Å². The Hall–Kier alpha value is -2.04. The summed E-state index contributed by atoms with van der Waals surface area (Å²) in [4.78, 5) is 14.4. The van der Waals surface area contributed by atoms with Crippen LogP contribution in [0, 0.1) is 18.3 Å². The highest BCUT2D eigenvalue weighted by Crippen LogP contribution is 2.47. The van der Waals surface area contributed by atoms with E-state index < -0.39 is 5.41 Å². The first kappa shape index (κ1) is 14.4. The van der Waals surface area contributed by atoms with Gasteiger partial charge in [-0.05, 0) is 43.4 Å². The van der Waals surface area contributed by atoms with E-state index in [1.165, 1.54) is 0 Å². The van der Waals surface area contributed by atoms with Gasteiger partial charge in [0.2, 0.25) is 5.91 Å². The molecular weight excluding hydrogens is 254 g/mol. The minimum atomic E-state index is -0.855. The van der Waals surface area contributed by atoms with Crippen LogP contribution in [0.5, 0.6) is 0 Å². The van der Waals surface area contributed by atoms with Crippen LogP contribution in [0.15, 0.2) is 29.4 Å². The van der Waals surface area contributed by atoms with Crippen molar-refractivity contribution >= 4 is 17.4 Å². The van der Waals surface area contributed by atoms with Crippen LogP contribution in [0.4, 0.5) is 5.69 Å². The second-order valence-electron chi connectivity index (χ2n) is 5.78. The number of carbonyl (C=O) groups is 1. The lowest BCUT2D eigenvalue weighted by molar-refractivity contribution is -0.130. The lowest BCUT2D eigenvalue weighted by atomic mass is 9.61. The van der Waals surface area contributed by atoms with E-state index in [0.29, 0.717) is 18.8 Å². The maximum atomic E-state index is 12.8. The molecule has 1 aromatic rings. The Morgan fingerprint density at radius 2 is 2.15 bits per heavy atom. The van der Waals surface area contributed by atoms with Crippen molar-refractivity contribution in [1.29, 1.82) is 0 Å². The molecule has 108 valence electrons. The zero-order chi connectivity index (χ0) is 14.9. The molecule has 0 saturated heterocycles. The Kier molecular flexibility index (Phi) is 3.70. The third-order valence-electron chi connectivity index (χ3n) is 4.09. The van der Waals surface area contributed by atoms with Crippen LogP contribution in [0.2, 0.25) is 0 Å². The monoisotopic (exact) mass is 275 g/mol. The van der Waals surface area contributed by atoms with Crippen LogP contribution in [0.1, 0.15) is 25.3 Å². The molecule has 0 atom stereocenters. The predicted molar refractivity (Wildman–Crippen MR) is 78.8 cm³/mol. The number of anilines is 1. The van der Waals surface area contributed by atoms with Gasteiger partial charge in [-0.2, -0.15) is 0 Å². The van der Waals surface area contributed by atoms with Gasteiger partial charge in [0.15, 0.2) is 5.84 Å². The fourth-order valence-corrected chi connectivity index (χ4v) is 2.99. The Morgan fingerprint density at radius 3 is 2.65 bits per heavy atom. The van der Waals surface area contributed by atoms with Crippen molar-refractivity contribution in [2.45, 2.75) is 26.7 Å². The van der Waals surface area contributed by atoms with Crippen LogP contribution in [-0.2, 0) is 4.79 Å². The highest BCUT2D eigenvalue weighted by atomic mass is 16.4. The zero-order valence-corrected chi connectivity index (χ0v) is 12.1. The molecule has 0 radical (unpaired) electrons. The smallest absolute Gasteiger partial charge is 0.240 e. The molecule has 0 spiro atoms. The van der Waals surface area contributed by atoms with Crippen molar-refractivity contribution in [3.8, 4) is 0 Å². The fraction of sp³-hybridized carbons (Fsp3) is 0.467. The maximum Gasteiger partial charge on any atom is 0.240 e. The number of carbonyl (C=O) groups excluding carboxylic acids is 1. The number of hydrogen-bond donors (Lipinski definition) is 2. The quantitative estimate of drug-likeness (QED) is 0.384. The number of rotatable bonds is 3. The number of nitrogens with zero attached hydrogens (tertiary/aromatic N) is 2. The van der Waals surface area contributed by atoms with E-state index >= 15 is 0 Å². The molecule has 0 bridgehead atoms. The average Bonchev–Trinajstić information content (AvgIpc) is 2.41. The van der Waals surface area contributed by atoms with E-state index in [1.807, 2.05) is 31.2 Å². The first-order valence-corrected chi connectivity index (χ1v) is 6.73. The number of amides is 1. The highest BCUT2D eigenvalue weighted by Gasteiger charge is 2.53. The van der Waals surface area contributed by atoms with Gasteiger partial charge in [-0.25, -0.2) is 0 Å². The summed E-state index contributed by atoms with van der Waals surface area (Å²) in [7, 11) is 1.73. The zero-order valence-electron chi connectivity index (χ0n) is 12.1. The van der Waals surface area contributed by atoms with Crippen molar-refractivity contribution in [2.24, 2.45) is 22.2 Å². The van der Waals surface area contributed by atoms with E-state index in [0.717, 1.165) is 11.3 Å². The van der Waals surface area contributed by atoms with Gasteiger partial charge in [0.05, 0.1) is 0 Å². The lowest BCUT2D eigenvalue weighted by Crippen LogP contribution is -2.57. The molecule has 1 aromatic carbocycles. The van der Waals surface area contributed by atoms with Crippen LogP contribution >= 0.6 is 0 Å². The first-order valence-electron chi connectivity index (χ1n) is 6.73. The summed E-state index contributed by atoms with van der Waals surface area (Å²) in [5.74, 6) is 0.307. The predicted octanol–water partition coefficient (Wildman–Crippen LogP) is 2.12. The summed E-state index contributed by atoms with van der Waals surface area (Å²) < 4.78 is 0. The van der Waals surface area contributed by atoms with Gasteiger partial charge in [0.1, 0.15) is 5.41 Å². The van der Waals surface area contributed by atoms with Crippen molar-refractivity contribution in [3.63, 3.8) is 0 Å². The molecule has 1 aliphatic carbocycles. The van der Waals surface area contributed by atoms with Crippen molar-refractivity contribution in [3.05, 3.63) is 29.8 Å². The van der Waals surface area contributed by atoms with Gasteiger partial charge in [0.25, 0.3) is 0 Å². The SMILES string of the molecule is Cc1cccc(N(C)C(=O)C2(/C(N)=N/O)CC(C)C2)c1. The van der Waals surface area contributed by atoms with Crippen LogP contribution < -0.4 is 10.6 Å². The molecule has 3 N–H and O–H groups in total. The summed E-state index contributed by atoms with van der Waals surface area (Å²) in [6.07, 6.45) is 1.25. The molecule has 2 rings (SSSR count). The van der Waals surface area contributed by atoms with Crippen molar-refractivity contribution in [1.82, 2.24) is 0 Å². The van der Waals surface area contributed by atoms with E-state index in [1.54, 1.807) is 11.9 Å². The fourth-order valence-electron chi connectivity index (χ4n) is 2.99. The largest absolute Gasteiger partial charge is 0.409 e. The first-order chi connectivity index (χ1) is 9.40. The number of aryl methyl sites for hydroxylation is 1. The summed E-state index contributed by atoms with van der Waals surface area (Å²) in [5, 5.41) is 12.0. The number of oxime groups is 1. The highest BCUT2D eigenvalue weighted by molar-refractivity contribution is 6.13. The summed E-state index contributed by atoms with van der Waals surface area (Å²) in [6, 6.07) is 7.72. The van der Waals surface area contributed by atoms with Crippen LogP contribution in [0.3, 0.4) is 0 Å². The molecule has 1 aliphatic rings. The second-order valence-corrected chi connectivity index (χ2v) is 5.78. The third kappa shape index (κ3) is 2.24. The Labute approximate surface area is 119 Å². The molecule has 5 nitrogen and oxygen atoms in total. The van der Waals surface area contributed by atoms with Gasteiger partial charge < -0.3 is 15.8 Å². The molecule has 0 heterocycles. The maximum absolute atomic E-state index is 12.8. The average molecular weight is 275 g/mol. The van der Waals surface area contributed by atoms with Gasteiger partial charge in [-0.3, -0.25) is 4.79 Å². The van der Waals surface area contributed by atoms with E-state index in [4.69, 9.17) is 10.9 Å². The minimum Gasteiger partial charge on any atom is -0.409 e. The van der Waals surface area contributed by atoms with Gasteiger partial charge in [0, 0.05) is 12.7 Å². The van der Waals surface area contributed by atoms with Gasteiger partial charge in [-0.1, -0.05) is 24.2 Å². The molecule has 0 aromatic heterocycles. The summed E-state index contributed by atoms with van der Waals surface area (Å²) in [5.41, 5.74) is 6.82.